The summed E-state index contributed by atoms with van der Waals surface area (Å²) in [5.41, 5.74) is -0.0721. The summed E-state index contributed by atoms with van der Waals surface area (Å²) in [6, 6.07) is 16.6. The Morgan fingerprint density at radius 3 is 1.67 bits per heavy atom. The van der Waals surface area contributed by atoms with E-state index in [1.165, 1.54) is 12.1 Å². The Kier molecular flexibility index (Phi) is 6.49. The van der Waals surface area contributed by atoms with Crippen LogP contribution in [0.5, 0.6) is 11.5 Å². The number of carboxylic acids is 2. The van der Waals surface area contributed by atoms with Gasteiger partial charge in [0.2, 0.25) is 0 Å². The van der Waals surface area contributed by atoms with Crippen LogP contribution in [0.3, 0.4) is 0 Å². The first-order valence-electron chi connectivity index (χ1n) is 8.80. The maximum Gasteiger partial charge on any atom is 1.00 e. The zero-order valence-electron chi connectivity index (χ0n) is 16.0. The number of rotatable bonds is 4. The van der Waals surface area contributed by atoms with Gasteiger partial charge in [-0.3, -0.25) is 0 Å². The quantitative estimate of drug-likeness (QED) is 0.397. The van der Waals surface area contributed by atoms with E-state index in [0.717, 1.165) is 0 Å². The molecule has 0 aromatic heterocycles. The second kappa shape index (κ2) is 8.75. The van der Waals surface area contributed by atoms with Crippen LogP contribution in [0.25, 0.3) is 21.5 Å². The summed E-state index contributed by atoms with van der Waals surface area (Å²) >= 11 is 0. The van der Waals surface area contributed by atoms with Crippen LogP contribution in [0, 0.1) is 0 Å². The molecule has 0 heterocycles. The maximum atomic E-state index is 11.6. The van der Waals surface area contributed by atoms with E-state index in [4.69, 9.17) is 0 Å². The largest absolute Gasteiger partial charge is 1.00 e. The van der Waals surface area contributed by atoms with Crippen LogP contribution in [-0.4, -0.2) is 27.3 Å². The molecule has 6 nitrogen and oxygen atoms in total. The van der Waals surface area contributed by atoms with E-state index in [9.17, 15) is 30.0 Å². The third-order valence-electron chi connectivity index (χ3n) is 5.06. The number of aromatic hydroxyl groups is 2. The molecule has 0 aliphatic carbocycles. The molecule has 0 radical (unpaired) electrons. The second-order valence-corrected chi connectivity index (χ2v) is 6.71. The Hall–Kier alpha value is -2.42. The molecule has 0 unspecified atom stereocenters. The smallest absolute Gasteiger partial charge is 0.545 e. The number of aromatic carboxylic acids is 2. The molecule has 4 rings (SSSR count). The average molecular weight is 426 g/mol. The number of carboxylic acid groups (broad SMARTS) is 2. The molecule has 0 aliphatic heterocycles. The van der Waals surface area contributed by atoms with E-state index in [1.807, 2.05) is 0 Å². The van der Waals surface area contributed by atoms with Crippen molar-refractivity contribution in [3.8, 4) is 11.5 Å². The Morgan fingerprint density at radius 1 is 0.767 bits per heavy atom. The number of phenols is 2. The zero-order valence-corrected chi connectivity index (χ0v) is 19.2. The fraction of sp³-hybridized carbons (Fsp3) is 0.0435. The fourth-order valence-corrected chi connectivity index (χ4v) is 3.68. The molecule has 0 saturated carbocycles. The monoisotopic (exact) mass is 426 g/mol. The Labute approximate surface area is 213 Å². The van der Waals surface area contributed by atoms with Gasteiger partial charge in [0.15, 0.2) is 0 Å². The van der Waals surface area contributed by atoms with E-state index < -0.39 is 23.4 Å². The number of carbonyl (C=O) groups excluding carboxylic acids is 1. The SMILES string of the molecule is O=C([O-])c1cc2ccccc2c(Cc2c(O)c(C(=O)O)cc3ccccc23)c1O.[K+]. The van der Waals surface area contributed by atoms with Gasteiger partial charge in [0.25, 0.3) is 0 Å². The molecule has 0 fully saturated rings. The summed E-state index contributed by atoms with van der Waals surface area (Å²) in [5, 5.41) is 44.7. The van der Waals surface area contributed by atoms with Gasteiger partial charge in [-0.1, -0.05) is 48.5 Å². The topological polar surface area (TPSA) is 118 Å². The minimum Gasteiger partial charge on any atom is -0.545 e. The van der Waals surface area contributed by atoms with E-state index in [-0.39, 0.29) is 80.1 Å². The van der Waals surface area contributed by atoms with Crippen LogP contribution >= 0.6 is 0 Å². The van der Waals surface area contributed by atoms with E-state index in [1.54, 1.807) is 48.5 Å². The Bertz CT molecular complexity index is 1210. The predicted molar refractivity (Wildman–Crippen MR) is 105 cm³/mol. The van der Waals surface area contributed by atoms with Crippen molar-refractivity contribution in [3.05, 3.63) is 82.9 Å². The number of carbonyl (C=O) groups is 2. The molecule has 4 aromatic rings. The van der Waals surface area contributed by atoms with Gasteiger partial charge in [-0.15, -0.1) is 0 Å². The van der Waals surface area contributed by atoms with Gasteiger partial charge in [0.05, 0.1) is 5.97 Å². The number of fused-ring (bicyclic) bond motifs is 2. The van der Waals surface area contributed by atoms with Crippen molar-refractivity contribution in [1.82, 2.24) is 0 Å². The summed E-state index contributed by atoms with van der Waals surface area (Å²) in [6.07, 6.45) is -0.0685. The first-order chi connectivity index (χ1) is 13.9. The van der Waals surface area contributed by atoms with Crippen LogP contribution < -0.4 is 56.5 Å². The van der Waals surface area contributed by atoms with Gasteiger partial charge < -0.3 is 25.2 Å². The van der Waals surface area contributed by atoms with Gasteiger partial charge >= 0.3 is 57.4 Å². The molecule has 3 N–H and O–H groups in total. The summed E-state index contributed by atoms with van der Waals surface area (Å²) in [6.45, 7) is 0. The number of benzene rings is 4. The Balaban J connectivity index is 0.00000256. The average Bonchev–Trinajstić information content (AvgIpc) is 2.70. The van der Waals surface area contributed by atoms with E-state index in [0.29, 0.717) is 21.5 Å². The molecule has 144 valence electrons. The van der Waals surface area contributed by atoms with Gasteiger partial charge in [-0.05, 0) is 33.7 Å². The Morgan fingerprint density at radius 2 is 1.20 bits per heavy atom. The van der Waals surface area contributed by atoms with Crippen LogP contribution in [0.1, 0.15) is 31.8 Å². The molecule has 7 heteroatoms. The first kappa shape index (κ1) is 22.3. The van der Waals surface area contributed by atoms with Crippen LogP contribution in [0.2, 0.25) is 0 Å². The van der Waals surface area contributed by atoms with Crippen molar-refractivity contribution in [2.45, 2.75) is 6.42 Å². The third-order valence-corrected chi connectivity index (χ3v) is 5.06. The van der Waals surface area contributed by atoms with Gasteiger partial charge in [-0.2, -0.15) is 0 Å². The van der Waals surface area contributed by atoms with Gasteiger partial charge in [0, 0.05) is 23.1 Å². The van der Waals surface area contributed by atoms with Crippen molar-refractivity contribution in [1.29, 1.82) is 0 Å². The summed E-state index contributed by atoms with van der Waals surface area (Å²) < 4.78 is 0. The van der Waals surface area contributed by atoms with Crippen molar-refractivity contribution < 1.29 is 81.4 Å². The molecule has 0 amide bonds. The van der Waals surface area contributed by atoms with Gasteiger partial charge in [-0.25, -0.2) is 4.79 Å². The normalized spacial score (nSPS) is 10.7. The standard InChI is InChI=1S/C23H16O6.K/c24-20-16(14-7-3-1-5-12(14)9-18(20)22(26)27)11-17-15-8-4-2-6-13(15)10-19(21(17)25)23(28)29;/h1-10,24-25H,11H2,(H,26,27)(H,28,29);/q;+1/p-1. The summed E-state index contributed by atoms with van der Waals surface area (Å²) in [7, 11) is 0. The summed E-state index contributed by atoms with van der Waals surface area (Å²) in [4.78, 5) is 23.1. The minimum absolute atomic E-state index is 0. The van der Waals surface area contributed by atoms with E-state index >= 15 is 0 Å². The maximum absolute atomic E-state index is 11.6. The minimum atomic E-state index is -1.53. The van der Waals surface area contributed by atoms with Crippen LogP contribution in [-0.2, 0) is 6.42 Å². The molecule has 30 heavy (non-hydrogen) atoms. The van der Waals surface area contributed by atoms with Crippen molar-refractivity contribution in [3.63, 3.8) is 0 Å². The first-order valence-corrected chi connectivity index (χ1v) is 8.80. The molecular weight excluding hydrogens is 411 g/mol. The molecule has 0 atom stereocenters. The fourth-order valence-electron chi connectivity index (χ4n) is 3.68. The molecule has 4 aromatic carbocycles. The molecule has 0 saturated heterocycles. The predicted octanol–water partition coefficient (Wildman–Crippen LogP) is 0.0607. The zero-order chi connectivity index (χ0) is 20.7. The van der Waals surface area contributed by atoms with E-state index in [2.05, 4.69) is 0 Å². The third kappa shape index (κ3) is 3.82. The van der Waals surface area contributed by atoms with Crippen LogP contribution in [0.15, 0.2) is 60.7 Å². The van der Waals surface area contributed by atoms with Crippen molar-refractivity contribution >= 4 is 33.5 Å². The number of hydrogen-bond donors (Lipinski definition) is 3. The molecule has 0 aliphatic rings. The molecule has 0 bridgehead atoms. The van der Waals surface area contributed by atoms with Gasteiger partial charge in [0.1, 0.15) is 17.1 Å². The molecular formula is C23H15KO6. The summed E-state index contributed by atoms with van der Waals surface area (Å²) in [5.74, 6) is -3.69. The second-order valence-electron chi connectivity index (χ2n) is 6.71. The van der Waals surface area contributed by atoms with Crippen LogP contribution in [0.4, 0.5) is 0 Å². The number of hydrogen-bond acceptors (Lipinski definition) is 5. The van der Waals surface area contributed by atoms with Crippen molar-refractivity contribution in [2.24, 2.45) is 0 Å². The molecule has 0 spiro atoms. The van der Waals surface area contributed by atoms with Crippen molar-refractivity contribution in [2.75, 3.05) is 0 Å².